The van der Waals surface area contributed by atoms with Crippen LogP contribution in [0.4, 0.5) is 5.69 Å². The lowest BCUT2D eigenvalue weighted by Gasteiger charge is -2.27. The lowest BCUT2D eigenvalue weighted by molar-refractivity contribution is 0.0106. The zero-order chi connectivity index (χ0) is 13.5. The minimum atomic E-state index is 0.827. The van der Waals surface area contributed by atoms with Crippen molar-refractivity contribution in [3.05, 3.63) is 29.8 Å². The van der Waals surface area contributed by atoms with Gasteiger partial charge in [-0.25, -0.2) is 5.01 Å². The molecule has 1 aliphatic heterocycles. The molecule has 1 saturated heterocycles. The van der Waals surface area contributed by atoms with Crippen molar-refractivity contribution < 1.29 is 4.74 Å². The van der Waals surface area contributed by atoms with Gasteiger partial charge in [0.25, 0.3) is 0 Å². The van der Waals surface area contributed by atoms with Gasteiger partial charge in [0.2, 0.25) is 0 Å². The Morgan fingerprint density at radius 3 is 2.32 bits per heavy atom. The highest BCUT2D eigenvalue weighted by atomic mass is 16.5. The number of hydrazine groups is 1. The second-order valence-electron chi connectivity index (χ2n) is 4.77. The molecular weight excluding hydrogens is 238 g/mol. The van der Waals surface area contributed by atoms with Crippen molar-refractivity contribution in [1.29, 1.82) is 0 Å². The summed E-state index contributed by atoms with van der Waals surface area (Å²) >= 11 is 0. The van der Waals surface area contributed by atoms with Gasteiger partial charge in [0.1, 0.15) is 0 Å². The number of nitrogens with zero attached hydrogens (tertiary/aromatic N) is 2. The van der Waals surface area contributed by atoms with Crippen molar-refractivity contribution in [3.63, 3.8) is 0 Å². The topological polar surface area (TPSA) is 27.7 Å². The highest BCUT2D eigenvalue weighted by molar-refractivity contribution is 5.47. The Morgan fingerprint density at radius 1 is 1.11 bits per heavy atom. The molecule has 4 heteroatoms. The number of anilines is 1. The van der Waals surface area contributed by atoms with Crippen LogP contribution in [-0.4, -0.2) is 44.4 Å². The predicted octanol–water partition coefficient (Wildman–Crippen LogP) is 1.87. The van der Waals surface area contributed by atoms with Gasteiger partial charge in [-0.1, -0.05) is 12.1 Å². The number of hydrogen-bond acceptors (Lipinski definition) is 4. The molecule has 1 fully saturated rings. The predicted molar refractivity (Wildman–Crippen MR) is 79.2 cm³/mol. The SMILES string of the molecule is CCN(CC)c1ccc(CNN2CCOCC2)cc1. The summed E-state index contributed by atoms with van der Waals surface area (Å²) in [6.07, 6.45) is 0. The number of benzene rings is 1. The molecule has 19 heavy (non-hydrogen) atoms. The normalized spacial score (nSPS) is 16.5. The molecule has 106 valence electrons. The lowest BCUT2D eigenvalue weighted by atomic mass is 10.2. The van der Waals surface area contributed by atoms with Crippen molar-refractivity contribution in [2.24, 2.45) is 0 Å². The van der Waals surface area contributed by atoms with E-state index in [9.17, 15) is 0 Å². The van der Waals surface area contributed by atoms with Crippen LogP contribution in [-0.2, 0) is 11.3 Å². The van der Waals surface area contributed by atoms with Crippen LogP contribution in [0.3, 0.4) is 0 Å². The Labute approximate surface area is 116 Å². The molecule has 4 nitrogen and oxygen atoms in total. The molecule has 1 aromatic rings. The summed E-state index contributed by atoms with van der Waals surface area (Å²) in [6.45, 7) is 11.0. The monoisotopic (exact) mass is 263 g/mol. The summed E-state index contributed by atoms with van der Waals surface area (Å²) in [5.41, 5.74) is 6.08. The number of rotatable bonds is 6. The third-order valence-electron chi connectivity index (χ3n) is 3.58. The van der Waals surface area contributed by atoms with E-state index in [-0.39, 0.29) is 0 Å². The first-order valence-corrected chi connectivity index (χ1v) is 7.23. The number of morpholine rings is 1. The molecule has 1 heterocycles. The maximum atomic E-state index is 5.33. The Kier molecular flexibility index (Phi) is 5.63. The Balaban J connectivity index is 1.84. The molecule has 1 N–H and O–H groups in total. The standard InChI is InChI=1S/C15H25N3O/c1-3-17(4-2)15-7-5-14(6-8-15)13-16-18-9-11-19-12-10-18/h5-8,16H,3-4,9-13H2,1-2H3. The highest BCUT2D eigenvalue weighted by Crippen LogP contribution is 2.14. The highest BCUT2D eigenvalue weighted by Gasteiger charge is 2.09. The molecule has 0 unspecified atom stereocenters. The van der Waals surface area contributed by atoms with Crippen LogP contribution in [0, 0.1) is 0 Å². The summed E-state index contributed by atoms with van der Waals surface area (Å²) in [4.78, 5) is 2.36. The molecule has 0 aliphatic carbocycles. The number of ether oxygens (including phenoxy) is 1. The van der Waals surface area contributed by atoms with Crippen LogP contribution in [0.15, 0.2) is 24.3 Å². The van der Waals surface area contributed by atoms with Crippen LogP contribution < -0.4 is 10.3 Å². The largest absolute Gasteiger partial charge is 0.379 e. The van der Waals surface area contributed by atoms with Crippen LogP contribution in [0.5, 0.6) is 0 Å². The van der Waals surface area contributed by atoms with Crippen molar-refractivity contribution >= 4 is 5.69 Å². The average molecular weight is 263 g/mol. The minimum Gasteiger partial charge on any atom is -0.379 e. The fourth-order valence-electron chi connectivity index (χ4n) is 2.34. The first-order valence-electron chi connectivity index (χ1n) is 7.23. The fraction of sp³-hybridized carbons (Fsp3) is 0.600. The maximum Gasteiger partial charge on any atom is 0.0608 e. The molecule has 0 bridgehead atoms. The van der Waals surface area contributed by atoms with Crippen LogP contribution >= 0.6 is 0 Å². The second kappa shape index (κ2) is 7.48. The zero-order valence-electron chi connectivity index (χ0n) is 12.1. The van der Waals surface area contributed by atoms with Crippen molar-refractivity contribution in [3.8, 4) is 0 Å². The summed E-state index contributed by atoms with van der Waals surface area (Å²) < 4.78 is 5.33. The third kappa shape index (κ3) is 4.20. The Bertz CT molecular complexity index is 356. The second-order valence-corrected chi connectivity index (χ2v) is 4.77. The smallest absolute Gasteiger partial charge is 0.0608 e. The Morgan fingerprint density at radius 2 is 1.74 bits per heavy atom. The van der Waals surface area contributed by atoms with Crippen molar-refractivity contribution in [2.75, 3.05) is 44.3 Å². The third-order valence-corrected chi connectivity index (χ3v) is 3.58. The van der Waals surface area contributed by atoms with Gasteiger partial charge in [0, 0.05) is 38.4 Å². The van der Waals surface area contributed by atoms with Gasteiger partial charge in [-0.3, -0.25) is 5.43 Å². The van der Waals surface area contributed by atoms with Gasteiger partial charge in [-0.05, 0) is 31.5 Å². The molecule has 1 aromatic carbocycles. The molecule has 0 aromatic heterocycles. The summed E-state index contributed by atoms with van der Waals surface area (Å²) in [6, 6.07) is 8.84. The molecule has 0 spiro atoms. The molecule has 2 rings (SSSR count). The van der Waals surface area contributed by atoms with Gasteiger partial charge >= 0.3 is 0 Å². The molecule has 0 radical (unpaired) electrons. The summed E-state index contributed by atoms with van der Waals surface area (Å²) in [5, 5.41) is 2.24. The maximum absolute atomic E-state index is 5.33. The van der Waals surface area contributed by atoms with Gasteiger partial charge < -0.3 is 9.64 Å². The van der Waals surface area contributed by atoms with E-state index in [0.29, 0.717) is 0 Å². The van der Waals surface area contributed by atoms with Gasteiger partial charge in [0.05, 0.1) is 13.2 Å². The van der Waals surface area contributed by atoms with Crippen LogP contribution in [0.1, 0.15) is 19.4 Å². The molecular formula is C15H25N3O. The van der Waals surface area contributed by atoms with Gasteiger partial charge in [-0.2, -0.15) is 0 Å². The minimum absolute atomic E-state index is 0.827. The van der Waals surface area contributed by atoms with E-state index in [0.717, 1.165) is 45.9 Å². The van der Waals surface area contributed by atoms with Gasteiger partial charge in [0.15, 0.2) is 0 Å². The average Bonchev–Trinajstić information content (AvgIpc) is 2.49. The van der Waals surface area contributed by atoms with E-state index >= 15 is 0 Å². The molecule has 1 aliphatic rings. The van der Waals surface area contributed by atoms with E-state index in [4.69, 9.17) is 4.74 Å². The van der Waals surface area contributed by atoms with E-state index in [2.05, 4.69) is 53.4 Å². The zero-order valence-corrected chi connectivity index (χ0v) is 12.1. The molecule has 0 saturated carbocycles. The van der Waals surface area contributed by atoms with E-state index < -0.39 is 0 Å². The fourth-order valence-corrected chi connectivity index (χ4v) is 2.34. The van der Waals surface area contributed by atoms with E-state index in [1.54, 1.807) is 0 Å². The van der Waals surface area contributed by atoms with E-state index in [1.807, 2.05) is 0 Å². The van der Waals surface area contributed by atoms with Crippen molar-refractivity contribution in [1.82, 2.24) is 10.4 Å². The molecule has 0 amide bonds. The molecule has 0 atom stereocenters. The van der Waals surface area contributed by atoms with Crippen LogP contribution in [0.2, 0.25) is 0 Å². The first kappa shape index (κ1) is 14.3. The first-order chi connectivity index (χ1) is 9.33. The van der Waals surface area contributed by atoms with Gasteiger partial charge in [-0.15, -0.1) is 0 Å². The number of hydrogen-bond donors (Lipinski definition) is 1. The van der Waals surface area contributed by atoms with E-state index in [1.165, 1.54) is 11.3 Å². The lowest BCUT2D eigenvalue weighted by Crippen LogP contribution is -2.45. The number of nitrogens with one attached hydrogen (secondary N) is 1. The van der Waals surface area contributed by atoms with Crippen molar-refractivity contribution in [2.45, 2.75) is 20.4 Å². The summed E-state index contributed by atoms with van der Waals surface area (Å²) in [7, 11) is 0. The summed E-state index contributed by atoms with van der Waals surface area (Å²) in [5.74, 6) is 0. The van der Waals surface area contributed by atoms with Crippen LogP contribution in [0.25, 0.3) is 0 Å². The Hall–Kier alpha value is -1.10. The quantitative estimate of drug-likeness (QED) is 0.848.